The van der Waals surface area contributed by atoms with Crippen LogP contribution in [0.4, 0.5) is 4.79 Å². The molecule has 9 heteroatoms. The zero-order valence-corrected chi connectivity index (χ0v) is 20.7. The maximum atomic E-state index is 14.2. The average Bonchev–Trinajstić information content (AvgIpc) is 2.81. The number of nitrogens with one attached hydrogen (secondary N) is 1. The molecule has 0 aliphatic rings. The first kappa shape index (κ1) is 24.7. The Labute approximate surface area is 194 Å². The summed E-state index contributed by atoms with van der Waals surface area (Å²) in [6.45, 7) is 5.67. The molecule has 0 aliphatic heterocycles. The predicted molar refractivity (Wildman–Crippen MR) is 130 cm³/mol. The number of hydrogen-bond acceptors (Lipinski definition) is 5. The van der Waals surface area contributed by atoms with Crippen LogP contribution in [0.25, 0.3) is 10.8 Å². The van der Waals surface area contributed by atoms with E-state index in [1.165, 1.54) is 0 Å². The molecule has 3 aromatic carbocycles. The fraction of sp³-hybridized carbons (Fsp3) is 0.250. The van der Waals surface area contributed by atoms with Crippen LogP contribution in [0.5, 0.6) is 5.75 Å². The number of hydrogen-bond donors (Lipinski definition) is 2. The number of rotatable bonds is 10. The van der Waals surface area contributed by atoms with Crippen LogP contribution >= 0.6 is 7.52 Å². The standard InChI is InChI=1S/C24H27NO6PSi/c1-4-14-30-24(28)33(3)25-32(29,31-22-8-6-5-7-9-22)17(2)19-12-10-18-11-13-20(23(26)27)16-21(18)15-19/h5-13,15-17H,4,14H2,1-3H3,(H,25,29)(H,26,27). The second kappa shape index (κ2) is 10.8. The summed E-state index contributed by atoms with van der Waals surface area (Å²) in [7, 11) is -5.63. The number of fused-ring (bicyclic) bond motifs is 1. The van der Waals surface area contributed by atoms with Crippen molar-refractivity contribution in [3.63, 3.8) is 0 Å². The second-order valence-corrected chi connectivity index (χ2v) is 12.4. The first-order valence-electron chi connectivity index (χ1n) is 10.6. The molecule has 0 spiro atoms. The predicted octanol–water partition coefficient (Wildman–Crippen LogP) is 6.21. The van der Waals surface area contributed by atoms with E-state index >= 15 is 0 Å². The number of aromatic carboxylic acids is 1. The lowest BCUT2D eigenvalue weighted by molar-refractivity contribution is 0.0697. The Bertz CT molecular complexity index is 1190. The number of carbonyl (C=O) groups excluding carboxylic acids is 1. The molecular formula is C24H27NO6PSi. The van der Waals surface area contributed by atoms with Crippen molar-refractivity contribution < 1.29 is 28.5 Å². The largest absolute Gasteiger partial charge is 0.478 e. The maximum Gasteiger partial charge on any atom is 0.335 e. The highest BCUT2D eigenvalue weighted by Gasteiger charge is 2.38. The summed E-state index contributed by atoms with van der Waals surface area (Å²) in [5, 5.41) is 10.9. The van der Waals surface area contributed by atoms with E-state index in [0.717, 1.165) is 10.8 Å². The zero-order chi connectivity index (χ0) is 24.0. The zero-order valence-electron chi connectivity index (χ0n) is 18.8. The minimum Gasteiger partial charge on any atom is -0.478 e. The summed E-state index contributed by atoms with van der Waals surface area (Å²) in [5.41, 5.74) is -0.148. The molecule has 2 atom stereocenters. The molecule has 0 amide bonds. The average molecular weight is 485 g/mol. The van der Waals surface area contributed by atoms with Crippen LogP contribution in [-0.4, -0.2) is 32.2 Å². The number of ether oxygens (including phenoxy) is 1. The van der Waals surface area contributed by atoms with E-state index < -0.39 is 33.7 Å². The lowest BCUT2D eigenvalue weighted by Crippen LogP contribution is -2.39. The minimum absolute atomic E-state index is 0.173. The van der Waals surface area contributed by atoms with Gasteiger partial charge in [-0.25, -0.2) is 9.55 Å². The summed E-state index contributed by atoms with van der Waals surface area (Å²) in [6.07, 6.45) is 0.699. The minimum atomic E-state index is -3.63. The van der Waals surface area contributed by atoms with Crippen LogP contribution in [-0.2, 0) is 9.30 Å². The molecule has 1 radical (unpaired) electrons. The molecule has 0 fully saturated rings. The fourth-order valence-corrected chi connectivity index (χ4v) is 7.93. The van der Waals surface area contributed by atoms with Gasteiger partial charge in [-0.15, -0.1) is 0 Å². The van der Waals surface area contributed by atoms with Crippen LogP contribution in [0, 0.1) is 0 Å². The molecule has 173 valence electrons. The molecule has 2 N–H and O–H groups in total. The molecular weight excluding hydrogens is 457 g/mol. The van der Waals surface area contributed by atoms with Crippen molar-refractivity contribution >= 4 is 38.8 Å². The van der Waals surface area contributed by atoms with Crippen molar-refractivity contribution in [2.45, 2.75) is 32.5 Å². The molecule has 0 saturated carbocycles. The number of carbonyl (C=O) groups is 2. The summed E-state index contributed by atoms with van der Waals surface area (Å²) >= 11 is 0. The normalized spacial score (nSPS) is 13.9. The van der Waals surface area contributed by atoms with E-state index in [0.29, 0.717) is 24.3 Å². The van der Waals surface area contributed by atoms with Crippen LogP contribution in [0.2, 0.25) is 6.55 Å². The van der Waals surface area contributed by atoms with Gasteiger partial charge >= 0.3 is 13.5 Å². The van der Waals surface area contributed by atoms with Crippen molar-refractivity contribution in [3.8, 4) is 5.75 Å². The monoisotopic (exact) mass is 484 g/mol. The molecule has 0 bridgehead atoms. The van der Waals surface area contributed by atoms with E-state index in [2.05, 4.69) is 4.75 Å². The van der Waals surface area contributed by atoms with Gasteiger partial charge in [-0.2, -0.15) is 0 Å². The van der Waals surface area contributed by atoms with Gasteiger partial charge in [0.15, 0.2) is 0 Å². The van der Waals surface area contributed by atoms with Gasteiger partial charge < -0.3 is 14.4 Å². The van der Waals surface area contributed by atoms with Crippen LogP contribution in [0.1, 0.15) is 41.8 Å². The second-order valence-electron chi connectivity index (χ2n) is 7.68. The van der Waals surface area contributed by atoms with Gasteiger partial charge in [0.05, 0.1) is 17.8 Å². The third-order valence-corrected chi connectivity index (χ3v) is 10.3. The van der Waals surface area contributed by atoms with Crippen molar-refractivity contribution in [3.05, 3.63) is 77.9 Å². The first-order chi connectivity index (χ1) is 15.7. The van der Waals surface area contributed by atoms with Crippen LogP contribution in [0.3, 0.4) is 0 Å². The number of benzene rings is 3. The first-order valence-corrected chi connectivity index (χ1v) is 14.3. The number of carboxylic acids is 1. The summed E-state index contributed by atoms with van der Waals surface area (Å²) in [6, 6.07) is 19.2. The smallest absolute Gasteiger partial charge is 0.335 e. The Kier molecular flexibility index (Phi) is 8.08. The SMILES string of the molecule is CCCOC(=O)[Si](C)NP(=O)(Oc1ccccc1)C(C)c1ccc2ccc(C(=O)O)cc2c1. The Morgan fingerprint density at radius 2 is 1.76 bits per heavy atom. The topological polar surface area (TPSA) is 102 Å². The van der Waals surface area contributed by atoms with E-state index in [4.69, 9.17) is 9.26 Å². The van der Waals surface area contributed by atoms with Gasteiger partial charge in [0.2, 0.25) is 0 Å². The highest BCUT2D eigenvalue weighted by Crippen LogP contribution is 2.56. The fourth-order valence-electron chi connectivity index (χ4n) is 3.27. The summed E-state index contributed by atoms with van der Waals surface area (Å²) < 4.78 is 28.4. The lowest BCUT2D eigenvalue weighted by atomic mass is 10.0. The van der Waals surface area contributed by atoms with Crippen LogP contribution in [0.15, 0.2) is 66.7 Å². The van der Waals surface area contributed by atoms with E-state index in [-0.39, 0.29) is 5.56 Å². The van der Waals surface area contributed by atoms with Crippen LogP contribution < -0.4 is 9.28 Å². The third-order valence-electron chi connectivity index (χ3n) is 5.15. The Morgan fingerprint density at radius 3 is 2.42 bits per heavy atom. The molecule has 33 heavy (non-hydrogen) atoms. The molecule has 2 unspecified atom stereocenters. The van der Waals surface area contributed by atoms with Crippen molar-refractivity contribution in [1.29, 1.82) is 0 Å². The third kappa shape index (κ3) is 6.10. The summed E-state index contributed by atoms with van der Waals surface area (Å²) in [4.78, 5) is 23.8. The number of para-hydroxylation sites is 1. The van der Waals surface area contributed by atoms with Crippen molar-refractivity contribution in [2.75, 3.05) is 6.61 Å². The van der Waals surface area contributed by atoms with E-state index in [1.807, 2.05) is 31.2 Å². The lowest BCUT2D eigenvalue weighted by Gasteiger charge is -2.28. The highest BCUT2D eigenvalue weighted by atomic mass is 31.2. The molecule has 0 aromatic heterocycles. The van der Waals surface area contributed by atoms with Gasteiger partial charge in [0.1, 0.15) is 5.75 Å². The van der Waals surface area contributed by atoms with Gasteiger partial charge in [0.25, 0.3) is 14.6 Å². The molecule has 0 saturated heterocycles. The van der Waals surface area contributed by atoms with Gasteiger partial charge in [-0.05, 0) is 60.5 Å². The van der Waals surface area contributed by atoms with Gasteiger partial charge in [-0.1, -0.05) is 49.4 Å². The Morgan fingerprint density at radius 1 is 1.06 bits per heavy atom. The summed E-state index contributed by atoms with van der Waals surface area (Å²) in [5.74, 6) is -0.593. The number of carboxylic acid groups (broad SMARTS) is 1. The Hall–Kier alpha value is -2.93. The Balaban J connectivity index is 1.97. The van der Waals surface area contributed by atoms with E-state index in [9.17, 15) is 19.3 Å². The van der Waals surface area contributed by atoms with Gasteiger partial charge in [0, 0.05) is 0 Å². The maximum absolute atomic E-state index is 14.2. The molecule has 0 heterocycles. The van der Waals surface area contributed by atoms with Crippen molar-refractivity contribution in [2.24, 2.45) is 0 Å². The van der Waals surface area contributed by atoms with Gasteiger partial charge in [-0.3, -0.25) is 9.36 Å². The van der Waals surface area contributed by atoms with Crippen molar-refractivity contribution in [1.82, 2.24) is 4.75 Å². The molecule has 7 nitrogen and oxygen atoms in total. The molecule has 3 rings (SSSR count). The van der Waals surface area contributed by atoms with E-state index in [1.54, 1.807) is 55.9 Å². The molecule has 3 aromatic rings. The quantitative estimate of drug-likeness (QED) is 0.260. The highest BCUT2D eigenvalue weighted by molar-refractivity contribution is 7.60. The molecule has 0 aliphatic carbocycles.